The predicted molar refractivity (Wildman–Crippen MR) is 103 cm³/mol. The number of ether oxygens (including phenoxy) is 1. The Kier molecular flexibility index (Phi) is 6.11. The molecule has 12 heteroatoms. The summed E-state index contributed by atoms with van der Waals surface area (Å²) in [4.78, 5) is 16.6. The van der Waals surface area contributed by atoms with Gasteiger partial charge in [-0.2, -0.15) is 0 Å². The molecule has 1 aromatic carbocycles. The van der Waals surface area contributed by atoms with Crippen LogP contribution >= 0.6 is 34.8 Å². The minimum atomic E-state index is -4.84. The molecule has 0 unspecified atom stereocenters. The number of alkyl halides is 3. The number of nitrogens with one attached hydrogen (secondary N) is 2. The van der Waals surface area contributed by atoms with Crippen LogP contribution in [0.2, 0.25) is 15.1 Å². The highest BCUT2D eigenvalue weighted by Crippen LogP contribution is 2.30. The number of hydrogen-bond acceptors (Lipinski definition) is 4. The zero-order chi connectivity index (χ0) is 21.2. The Hall–Kier alpha value is -2.62. The van der Waals surface area contributed by atoms with Crippen LogP contribution in [-0.2, 0) is 0 Å². The topological polar surface area (TPSA) is 68.2 Å². The van der Waals surface area contributed by atoms with Gasteiger partial charge in [-0.3, -0.25) is 20.2 Å². The first-order valence-corrected chi connectivity index (χ1v) is 8.88. The highest BCUT2D eigenvalue weighted by atomic mass is 35.5. The molecular formula is C17H10Cl3F3N4O2. The molecule has 0 atom stereocenters. The summed E-state index contributed by atoms with van der Waals surface area (Å²) in [7, 11) is 0. The first-order chi connectivity index (χ1) is 13.6. The molecule has 0 aliphatic rings. The van der Waals surface area contributed by atoms with Crippen molar-refractivity contribution in [2.45, 2.75) is 6.36 Å². The van der Waals surface area contributed by atoms with Crippen molar-refractivity contribution in [2.75, 3.05) is 5.43 Å². The van der Waals surface area contributed by atoms with Crippen LogP contribution in [0.25, 0.3) is 5.82 Å². The van der Waals surface area contributed by atoms with Gasteiger partial charge >= 0.3 is 6.36 Å². The first kappa shape index (κ1) is 21.1. The normalized spacial score (nSPS) is 11.2. The van der Waals surface area contributed by atoms with E-state index in [4.69, 9.17) is 34.8 Å². The molecule has 6 nitrogen and oxygen atoms in total. The largest absolute Gasteiger partial charge is 0.573 e. The molecule has 3 aromatic rings. The van der Waals surface area contributed by atoms with Crippen molar-refractivity contribution in [2.24, 2.45) is 0 Å². The lowest BCUT2D eigenvalue weighted by Gasteiger charge is -2.14. The maximum absolute atomic E-state index is 12.5. The SMILES string of the molecule is O=C(NNc1ccc(OC(F)(F)F)cc1Cl)c1cccn1-c1ncc(Cl)cc1Cl. The molecule has 2 aromatic heterocycles. The number of pyridine rings is 1. The third-order valence-corrected chi connectivity index (χ3v) is 4.28. The number of benzene rings is 1. The number of carbonyl (C=O) groups is 1. The molecule has 0 aliphatic carbocycles. The van der Waals surface area contributed by atoms with Crippen LogP contribution in [0, 0.1) is 0 Å². The minimum Gasteiger partial charge on any atom is -0.406 e. The zero-order valence-electron chi connectivity index (χ0n) is 14.1. The zero-order valence-corrected chi connectivity index (χ0v) is 16.4. The number of carbonyl (C=O) groups excluding carboxylic acids is 1. The van der Waals surface area contributed by atoms with Gasteiger partial charge in [-0.15, -0.1) is 13.2 Å². The quantitative estimate of drug-likeness (QED) is 0.489. The number of nitrogens with zero attached hydrogens (tertiary/aromatic N) is 2. The van der Waals surface area contributed by atoms with E-state index in [0.29, 0.717) is 5.02 Å². The summed E-state index contributed by atoms with van der Waals surface area (Å²) < 4.78 is 42.0. The van der Waals surface area contributed by atoms with Gasteiger partial charge < -0.3 is 4.74 Å². The number of halogens is 6. The van der Waals surface area contributed by atoms with Crippen LogP contribution in [0.4, 0.5) is 18.9 Å². The van der Waals surface area contributed by atoms with Crippen LogP contribution in [0.15, 0.2) is 48.8 Å². The van der Waals surface area contributed by atoms with Gasteiger partial charge in [0.15, 0.2) is 5.82 Å². The lowest BCUT2D eigenvalue weighted by molar-refractivity contribution is -0.274. The van der Waals surface area contributed by atoms with Crippen LogP contribution in [0.5, 0.6) is 5.75 Å². The standard InChI is InChI=1S/C17H10Cl3F3N4O2/c18-9-6-12(20)15(24-8-9)27-5-1-2-14(27)16(28)26-25-13-4-3-10(7-11(13)19)29-17(21,22)23/h1-8,25H,(H,26,28). The van der Waals surface area contributed by atoms with Crippen LogP contribution in [-0.4, -0.2) is 21.8 Å². The number of rotatable bonds is 5. The molecule has 0 radical (unpaired) electrons. The monoisotopic (exact) mass is 464 g/mol. The van der Waals surface area contributed by atoms with Gasteiger partial charge in [0.05, 0.1) is 20.8 Å². The van der Waals surface area contributed by atoms with E-state index in [1.807, 2.05) is 0 Å². The van der Waals surface area contributed by atoms with E-state index in [-0.39, 0.29) is 27.2 Å². The molecule has 1 amide bonds. The van der Waals surface area contributed by atoms with E-state index in [9.17, 15) is 18.0 Å². The van der Waals surface area contributed by atoms with Gasteiger partial charge in [-0.1, -0.05) is 34.8 Å². The van der Waals surface area contributed by atoms with Crippen molar-refractivity contribution in [3.63, 3.8) is 0 Å². The summed E-state index contributed by atoms with van der Waals surface area (Å²) in [5.41, 5.74) is 5.28. The fourth-order valence-corrected chi connectivity index (χ4v) is 3.01. The van der Waals surface area contributed by atoms with Crippen molar-refractivity contribution >= 4 is 46.4 Å². The number of amides is 1. The molecule has 0 aliphatic heterocycles. The van der Waals surface area contributed by atoms with Gasteiger partial charge in [-0.25, -0.2) is 4.98 Å². The Morgan fingerprint density at radius 3 is 2.52 bits per heavy atom. The Morgan fingerprint density at radius 2 is 1.86 bits per heavy atom. The van der Waals surface area contributed by atoms with Gasteiger partial charge in [0.25, 0.3) is 5.91 Å². The maximum Gasteiger partial charge on any atom is 0.573 e. The number of anilines is 1. The lowest BCUT2D eigenvalue weighted by atomic mass is 10.3. The van der Waals surface area contributed by atoms with Crippen LogP contribution in [0.3, 0.4) is 0 Å². The Balaban J connectivity index is 1.73. The molecule has 0 saturated carbocycles. The fraction of sp³-hybridized carbons (Fsp3) is 0.0588. The molecule has 0 saturated heterocycles. The third kappa shape index (κ3) is 5.26. The van der Waals surface area contributed by atoms with Crippen LogP contribution < -0.4 is 15.6 Å². The molecule has 3 rings (SSSR count). The summed E-state index contributed by atoms with van der Waals surface area (Å²) in [5, 5.41) is 0.481. The first-order valence-electron chi connectivity index (χ1n) is 7.74. The minimum absolute atomic E-state index is 0.0927. The predicted octanol–water partition coefficient (Wildman–Crippen LogP) is 5.49. The van der Waals surface area contributed by atoms with E-state index in [0.717, 1.165) is 12.1 Å². The average molecular weight is 466 g/mol. The van der Waals surface area contributed by atoms with Crippen molar-refractivity contribution in [1.29, 1.82) is 0 Å². The third-order valence-electron chi connectivity index (χ3n) is 3.48. The lowest BCUT2D eigenvalue weighted by Crippen LogP contribution is -2.31. The summed E-state index contributed by atoms with van der Waals surface area (Å²) in [6.07, 6.45) is -1.88. The molecule has 152 valence electrons. The average Bonchev–Trinajstić information content (AvgIpc) is 3.09. The van der Waals surface area contributed by atoms with Crippen molar-refractivity contribution < 1.29 is 22.7 Å². The van der Waals surface area contributed by atoms with Gasteiger partial charge in [0, 0.05) is 18.5 Å². The summed E-state index contributed by atoms with van der Waals surface area (Å²) >= 11 is 17.9. The van der Waals surface area contributed by atoms with E-state index in [1.54, 1.807) is 12.3 Å². The van der Waals surface area contributed by atoms with E-state index < -0.39 is 18.0 Å². The summed E-state index contributed by atoms with van der Waals surface area (Å²) in [5.74, 6) is -0.774. The van der Waals surface area contributed by atoms with Gasteiger partial charge in [-0.05, 0) is 30.3 Å². The fourth-order valence-electron chi connectivity index (χ4n) is 2.32. The molecule has 29 heavy (non-hydrogen) atoms. The Labute approximate surface area is 177 Å². The van der Waals surface area contributed by atoms with Crippen molar-refractivity contribution in [3.8, 4) is 11.6 Å². The van der Waals surface area contributed by atoms with E-state index >= 15 is 0 Å². The molecule has 0 spiro atoms. The molecular weight excluding hydrogens is 456 g/mol. The van der Waals surface area contributed by atoms with Crippen LogP contribution in [0.1, 0.15) is 10.5 Å². The maximum atomic E-state index is 12.5. The highest BCUT2D eigenvalue weighted by molar-refractivity contribution is 6.35. The van der Waals surface area contributed by atoms with E-state index in [2.05, 4.69) is 20.6 Å². The highest BCUT2D eigenvalue weighted by Gasteiger charge is 2.31. The smallest absolute Gasteiger partial charge is 0.406 e. The Bertz CT molecular complexity index is 1060. The number of hydrogen-bond donors (Lipinski definition) is 2. The second-order valence-corrected chi connectivity index (χ2v) is 6.74. The Morgan fingerprint density at radius 1 is 1.10 bits per heavy atom. The molecule has 2 N–H and O–H groups in total. The van der Waals surface area contributed by atoms with Gasteiger partial charge in [0.2, 0.25) is 0 Å². The van der Waals surface area contributed by atoms with Crippen molar-refractivity contribution in [3.05, 3.63) is 69.6 Å². The second-order valence-electron chi connectivity index (χ2n) is 5.49. The molecule has 0 fully saturated rings. The van der Waals surface area contributed by atoms with E-state index in [1.165, 1.54) is 29.0 Å². The number of hydrazine groups is 1. The summed E-state index contributed by atoms with van der Waals surface area (Å²) in [6, 6.07) is 7.84. The molecule has 2 heterocycles. The molecule has 0 bridgehead atoms. The van der Waals surface area contributed by atoms with Crippen molar-refractivity contribution in [1.82, 2.24) is 15.0 Å². The van der Waals surface area contributed by atoms with Gasteiger partial charge in [0.1, 0.15) is 11.4 Å². The number of aromatic nitrogens is 2. The summed E-state index contributed by atoms with van der Waals surface area (Å²) in [6.45, 7) is 0. The second kappa shape index (κ2) is 8.40.